The van der Waals surface area contributed by atoms with E-state index in [0.29, 0.717) is 11.8 Å². The normalized spacial score (nSPS) is 25.5. The van der Waals surface area contributed by atoms with Crippen LogP contribution in [0.3, 0.4) is 0 Å². The van der Waals surface area contributed by atoms with Gasteiger partial charge >= 0.3 is 0 Å². The Hall–Kier alpha value is -1.31. The van der Waals surface area contributed by atoms with Gasteiger partial charge in [-0.25, -0.2) is 0 Å². The Morgan fingerprint density at radius 3 is 2.25 bits per heavy atom. The molecule has 2 heteroatoms. The highest BCUT2D eigenvalue weighted by atomic mass is 16.2. The van der Waals surface area contributed by atoms with Crippen LogP contribution in [0.25, 0.3) is 0 Å². The topological polar surface area (TPSA) is 20.3 Å². The molecule has 0 radical (unpaired) electrons. The Labute approximate surface area is 97.3 Å². The van der Waals surface area contributed by atoms with E-state index in [1.165, 1.54) is 6.42 Å². The average molecular weight is 217 g/mol. The number of carbonyl (C=O) groups excluding carboxylic acids is 1. The highest BCUT2D eigenvalue weighted by molar-refractivity contribution is 5.94. The molecule has 1 heterocycles. The summed E-state index contributed by atoms with van der Waals surface area (Å²) in [5, 5.41) is 0. The molecule has 1 saturated heterocycles. The molecule has 86 valence electrons. The van der Waals surface area contributed by atoms with Gasteiger partial charge in [0.15, 0.2) is 0 Å². The fraction of sp³-hybridized carbons (Fsp3) is 0.500. The molecule has 2 rings (SSSR count). The lowest BCUT2D eigenvalue weighted by atomic mass is 9.91. The van der Waals surface area contributed by atoms with Gasteiger partial charge in [0.25, 0.3) is 5.91 Å². The van der Waals surface area contributed by atoms with E-state index in [9.17, 15) is 4.79 Å². The third-order valence-corrected chi connectivity index (χ3v) is 3.18. The lowest BCUT2D eigenvalue weighted by Crippen LogP contribution is -2.42. The molecular formula is C14H19NO. The summed E-state index contributed by atoms with van der Waals surface area (Å²) in [6.45, 7) is 6.25. The van der Waals surface area contributed by atoms with Gasteiger partial charge in [0.2, 0.25) is 0 Å². The Balaban J connectivity index is 2.10. The van der Waals surface area contributed by atoms with Gasteiger partial charge in [-0.15, -0.1) is 0 Å². The number of hydrogen-bond acceptors (Lipinski definition) is 1. The quantitative estimate of drug-likeness (QED) is 0.708. The fourth-order valence-electron chi connectivity index (χ4n) is 2.59. The van der Waals surface area contributed by atoms with Crippen molar-refractivity contribution in [1.82, 2.24) is 4.90 Å². The Morgan fingerprint density at radius 2 is 1.69 bits per heavy atom. The SMILES string of the molecule is C[C@@H]1C[C@@H](C)CN(C(=O)c2ccccc2)C1. The summed E-state index contributed by atoms with van der Waals surface area (Å²) in [7, 11) is 0. The van der Waals surface area contributed by atoms with Gasteiger partial charge in [-0.3, -0.25) is 4.79 Å². The summed E-state index contributed by atoms with van der Waals surface area (Å²) >= 11 is 0. The maximum atomic E-state index is 12.2. The van der Waals surface area contributed by atoms with E-state index in [-0.39, 0.29) is 5.91 Å². The van der Waals surface area contributed by atoms with Crippen LogP contribution < -0.4 is 0 Å². The lowest BCUT2D eigenvalue weighted by Gasteiger charge is -2.35. The standard InChI is InChI=1S/C14H19NO/c1-11-8-12(2)10-15(9-11)14(16)13-6-4-3-5-7-13/h3-7,11-12H,8-10H2,1-2H3/t11-,12-/m1/s1. The van der Waals surface area contributed by atoms with Crippen LogP contribution in [0.2, 0.25) is 0 Å². The second-order valence-corrected chi connectivity index (χ2v) is 5.02. The van der Waals surface area contributed by atoms with Gasteiger partial charge in [0, 0.05) is 18.7 Å². The molecule has 0 N–H and O–H groups in total. The van der Waals surface area contributed by atoms with Crippen molar-refractivity contribution in [3.05, 3.63) is 35.9 Å². The van der Waals surface area contributed by atoms with Crippen LogP contribution in [0.4, 0.5) is 0 Å². The molecule has 1 aromatic rings. The van der Waals surface area contributed by atoms with Crippen molar-refractivity contribution < 1.29 is 4.79 Å². The van der Waals surface area contributed by atoms with Gasteiger partial charge in [-0.2, -0.15) is 0 Å². The second-order valence-electron chi connectivity index (χ2n) is 5.02. The smallest absolute Gasteiger partial charge is 0.253 e. The van der Waals surface area contributed by atoms with Crippen molar-refractivity contribution >= 4 is 5.91 Å². The number of carbonyl (C=O) groups is 1. The highest BCUT2D eigenvalue weighted by Gasteiger charge is 2.25. The maximum absolute atomic E-state index is 12.2. The van der Waals surface area contributed by atoms with E-state index in [2.05, 4.69) is 13.8 Å². The third-order valence-electron chi connectivity index (χ3n) is 3.18. The van der Waals surface area contributed by atoms with Gasteiger partial charge in [-0.05, 0) is 30.4 Å². The summed E-state index contributed by atoms with van der Waals surface area (Å²) in [6, 6.07) is 9.57. The minimum atomic E-state index is 0.180. The molecule has 16 heavy (non-hydrogen) atoms. The number of amides is 1. The van der Waals surface area contributed by atoms with E-state index in [1.54, 1.807) is 0 Å². The van der Waals surface area contributed by atoms with Gasteiger partial charge < -0.3 is 4.90 Å². The molecule has 1 aliphatic rings. The summed E-state index contributed by atoms with van der Waals surface area (Å²) in [4.78, 5) is 14.2. The van der Waals surface area contributed by atoms with Crippen LogP contribution in [0.15, 0.2) is 30.3 Å². The van der Waals surface area contributed by atoms with Crippen molar-refractivity contribution in [3.63, 3.8) is 0 Å². The van der Waals surface area contributed by atoms with Crippen molar-refractivity contribution in [2.45, 2.75) is 20.3 Å². The van der Waals surface area contributed by atoms with Crippen LogP contribution >= 0.6 is 0 Å². The van der Waals surface area contributed by atoms with E-state index in [4.69, 9.17) is 0 Å². The van der Waals surface area contributed by atoms with Crippen molar-refractivity contribution in [2.24, 2.45) is 11.8 Å². The second kappa shape index (κ2) is 4.69. The van der Waals surface area contributed by atoms with Crippen LogP contribution in [0.1, 0.15) is 30.6 Å². The molecular weight excluding hydrogens is 198 g/mol. The third kappa shape index (κ3) is 2.43. The zero-order valence-corrected chi connectivity index (χ0v) is 10.0. The monoisotopic (exact) mass is 217 g/mol. The predicted molar refractivity (Wildman–Crippen MR) is 65.3 cm³/mol. The number of rotatable bonds is 1. The van der Waals surface area contributed by atoms with Crippen molar-refractivity contribution in [1.29, 1.82) is 0 Å². The lowest BCUT2D eigenvalue weighted by molar-refractivity contribution is 0.0623. The van der Waals surface area contributed by atoms with Crippen LogP contribution in [0, 0.1) is 11.8 Å². The van der Waals surface area contributed by atoms with Crippen molar-refractivity contribution in [2.75, 3.05) is 13.1 Å². The van der Waals surface area contributed by atoms with E-state index in [1.807, 2.05) is 35.2 Å². The van der Waals surface area contributed by atoms with Crippen LogP contribution in [0.5, 0.6) is 0 Å². The zero-order valence-electron chi connectivity index (χ0n) is 10.0. The molecule has 1 aromatic carbocycles. The average Bonchev–Trinajstić information content (AvgIpc) is 2.28. The molecule has 0 aromatic heterocycles. The molecule has 1 aliphatic heterocycles. The summed E-state index contributed by atoms with van der Waals surface area (Å²) < 4.78 is 0. The Morgan fingerprint density at radius 1 is 1.12 bits per heavy atom. The van der Waals surface area contributed by atoms with Crippen molar-refractivity contribution in [3.8, 4) is 0 Å². The summed E-state index contributed by atoms with van der Waals surface area (Å²) in [5.74, 6) is 1.42. The maximum Gasteiger partial charge on any atom is 0.253 e. The molecule has 0 aliphatic carbocycles. The summed E-state index contributed by atoms with van der Waals surface area (Å²) in [6.07, 6.45) is 1.23. The molecule has 1 fully saturated rings. The van der Waals surface area contributed by atoms with E-state index in [0.717, 1.165) is 18.7 Å². The first-order chi connectivity index (χ1) is 7.66. The Kier molecular flexibility index (Phi) is 3.28. The highest BCUT2D eigenvalue weighted by Crippen LogP contribution is 2.22. The molecule has 0 spiro atoms. The van der Waals surface area contributed by atoms with Gasteiger partial charge in [0.1, 0.15) is 0 Å². The minimum Gasteiger partial charge on any atom is -0.338 e. The molecule has 1 amide bonds. The fourth-order valence-corrected chi connectivity index (χ4v) is 2.59. The summed E-state index contributed by atoms with van der Waals surface area (Å²) in [5.41, 5.74) is 0.809. The predicted octanol–water partition coefficient (Wildman–Crippen LogP) is 2.80. The molecule has 0 saturated carbocycles. The van der Waals surface area contributed by atoms with E-state index < -0.39 is 0 Å². The number of piperidine rings is 1. The van der Waals surface area contributed by atoms with Gasteiger partial charge in [0.05, 0.1) is 0 Å². The first kappa shape index (κ1) is 11.2. The number of benzene rings is 1. The molecule has 0 unspecified atom stereocenters. The van der Waals surface area contributed by atoms with Crippen LogP contribution in [-0.2, 0) is 0 Å². The first-order valence-electron chi connectivity index (χ1n) is 6.01. The number of hydrogen-bond donors (Lipinski definition) is 0. The molecule has 2 nitrogen and oxygen atoms in total. The number of likely N-dealkylation sites (tertiary alicyclic amines) is 1. The first-order valence-corrected chi connectivity index (χ1v) is 6.01. The molecule has 0 bridgehead atoms. The number of nitrogens with zero attached hydrogens (tertiary/aromatic N) is 1. The molecule has 2 atom stereocenters. The zero-order chi connectivity index (χ0) is 11.5. The van der Waals surface area contributed by atoms with E-state index >= 15 is 0 Å². The van der Waals surface area contributed by atoms with Crippen LogP contribution in [-0.4, -0.2) is 23.9 Å². The largest absolute Gasteiger partial charge is 0.338 e. The Bertz CT molecular complexity index is 350. The minimum absolute atomic E-state index is 0.180. The van der Waals surface area contributed by atoms with Gasteiger partial charge in [-0.1, -0.05) is 32.0 Å².